The monoisotopic (exact) mass is 290 g/mol. The zero-order chi connectivity index (χ0) is 14.5. The van der Waals surface area contributed by atoms with Gasteiger partial charge in [0.05, 0.1) is 4.99 Å². The number of hydrogen-bond donors (Lipinski definition) is 1. The average Bonchev–Trinajstić information content (AvgIpc) is 3.23. The number of nitrogens with two attached hydrogens (primary N) is 1. The van der Waals surface area contributed by atoms with Crippen LogP contribution < -0.4 is 5.73 Å². The highest BCUT2D eigenvalue weighted by atomic mass is 32.1. The van der Waals surface area contributed by atoms with Gasteiger partial charge in [0.25, 0.3) is 0 Å². The van der Waals surface area contributed by atoms with E-state index in [1.54, 1.807) is 0 Å². The molecule has 20 heavy (non-hydrogen) atoms. The maximum absolute atomic E-state index is 6.00. The molecule has 0 bridgehead atoms. The quantitative estimate of drug-likeness (QED) is 0.742. The molecular weight excluding hydrogens is 264 g/mol. The van der Waals surface area contributed by atoms with Gasteiger partial charge in [-0.05, 0) is 37.3 Å². The van der Waals surface area contributed by atoms with E-state index in [1.165, 1.54) is 24.8 Å². The highest BCUT2D eigenvalue weighted by molar-refractivity contribution is 7.80. The van der Waals surface area contributed by atoms with E-state index >= 15 is 0 Å². The molecule has 1 aromatic carbocycles. The molecule has 110 valence electrons. The molecule has 3 heteroatoms. The van der Waals surface area contributed by atoms with Crippen molar-refractivity contribution in [1.29, 1.82) is 0 Å². The van der Waals surface area contributed by atoms with Crippen LogP contribution in [0.2, 0.25) is 0 Å². The Balaban J connectivity index is 2.03. The van der Waals surface area contributed by atoms with E-state index in [9.17, 15) is 0 Å². The highest BCUT2D eigenvalue weighted by Gasteiger charge is 2.31. The SMILES string of the molecule is CC(C)CCN(CC(C(N)=S)c1ccccc1)C1CC1. The van der Waals surface area contributed by atoms with Gasteiger partial charge in [0.1, 0.15) is 0 Å². The molecule has 1 aliphatic carbocycles. The topological polar surface area (TPSA) is 29.3 Å². The molecule has 1 fully saturated rings. The molecule has 2 rings (SSSR count). The van der Waals surface area contributed by atoms with E-state index in [4.69, 9.17) is 18.0 Å². The molecular formula is C17H26N2S. The first-order valence-electron chi connectivity index (χ1n) is 7.66. The van der Waals surface area contributed by atoms with Gasteiger partial charge < -0.3 is 5.73 Å². The summed E-state index contributed by atoms with van der Waals surface area (Å²) in [5.41, 5.74) is 7.24. The highest BCUT2D eigenvalue weighted by Crippen LogP contribution is 2.30. The summed E-state index contributed by atoms with van der Waals surface area (Å²) >= 11 is 5.31. The third kappa shape index (κ3) is 4.57. The van der Waals surface area contributed by atoms with Gasteiger partial charge >= 0.3 is 0 Å². The van der Waals surface area contributed by atoms with E-state index in [1.807, 2.05) is 6.07 Å². The zero-order valence-corrected chi connectivity index (χ0v) is 13.4. The smallest absolute Gasteiger partial charge is 0.0816 e. The lowest BCUT2D eigenvalue weighted by Crippen LogP contribution is -2.36. The fourth-order valence-electron chi connectivity index (χ4n) is 2.57. The molecule has 0 aliphatic heterocycles. The van der Waals surface area contributed by atoms with Crippen molar-refractivity contribution >= 4 is 17.2 Å². The Hall–Kier alpha value is -0.930. The van der Waals surface area contributed by atoms with Gasteiger partial charge in [-0.15, -0.1) is 0 Å². The van der Waals surface area contributed by atoms with Crippen molar-refractivity contribution in [2.24, 2.45) is 11.7 Å². The van der Waals surface area contributed by atoms with Crippen LogP contribution in [0.4, 0.5) is 0 Å². The molecule has 1 unspecified atom stereocenters. The maximum Gasteiger partial charge on any atom is 0.0816 e. The second kappa shape index (κ2) is 7.19. The largest absolute Gasteiger partial charge is 0.393 e. The van der Waals surface area contributed by atoms with Crippen molar-refractivity contribution in [1.82, 2.24) is 4.90 Å². The summed E-state index contributed by atoms with van der Waals surface area (Å²) < 4.78 is 0. The predicted molar refractivity (Wildman–Crippen MR) is 90.0 cm³/mol. The average molecular weight is 290 g/mol. The molecule has 0 radical (unpaired) electrons. The molecule has 2 nitrogen and oxygen atoms in total. The number of rotatable bonds is 8. The normalized spacial score (nSPS) is 16.6. The summed E-state index contributed by atoms with van der Waals surface area (Å²) in [7, 11) is 0. The minimum atomic E-state index is 0.180. The number of benzene rings is 1. The second-order valence-electron chi connectivity index (χ2n) is 6.27. The fourth-order valence-corrected chi connectivity index (χ4v) is 2.78. The summed E-state index contributed by atoms with van der Waals surface area (Å²) in [5, 5.41) is 0. The third-order valence-electron chi connectivity index (χ3n) is 4.02. The van der Waals surface area contributed by atoms with E-state index in [0.29, 0.717) is 4.99 Å². The molecule has 2 N–H and O–H groups in total. The van der Waals surface area contributed by atoms with Crippen molar-refractivity contribution in [3.63, 3.8) is 0 Å². The van der Waals surface area contributed by atoms with Crippen LogP contribution in [-0.4, -0.2) is 29.0 Å². The molecule has 0 heterocycles. The molecule has 0 spiro atoms. The van der Waals surface area contributed by atoms with Gasteiger partial charge in [0.2, 0.25) is 0 Å². The number of hydrogen-bond acceptors (Lipinski definition) is 2. The summed E-state index contributed by atoms with van der Waals surface area (Å²) in [6, 6.07) is 11.2. The molecule has 0 amide bonds. The molecule has 1 aromatic rings. The minimum Gasteiger partial charge on any atom is -0.393 e. The first-order valence-corrected chi connectivity index (χ1v) is 8.07. The van der Waals surface area contributed by atoms with Crippen molar-refractivity contribution < 1.29 is 0 Å². The Morgan fingerprint density at radius 1 is 1.30 bits per heavy atom. The van der Waals surface area contributed by atoms with Crippen molar-refractivity contribution in [2.45, 2.75) is 45.1 Å². The Labute approximate surface area is 128 Å². The lowest BCUT2D eigenvalue weighted by atomic mass is 9.98. The first kappa shape index (κ1) is 15.5. The Morgan fingerprint density at radius 3 is 2.45 bits per heavy atom. The number of thiocarbonyl (C=S) groups is 1. The van der Waals surface area contributed by atoms with Crippen LogP contribution in [0.15, 0.2) is 30.3 Å². The van der Waals surface area contributed by atoms with Crippen LogP contribution in [0.3, 0.4) is 0 Å². The molecule has 0 aromatic heterocycles. The lowest BCUT2D eigenvalue weighted by molar-refractivity contribution is 0.245. The minimum absolute atomic E-state index is 0.180. The van der Waals surface area contributed by atoms with E-state index in [0.717, 1.165) is 25.0 Å². The fraction of sp³-hybridized carbons (Fsp3) is 0.588. The summed E-state index contributed by atoms with van der Waals surface area (Å²) in [4.78, 5) is 3.21. The first-order chi connectivity index (χ1) is 9.58. The van der Waals surface area contributed by atoms with Crippen LogP contribution in [-0.2, 0) is 0 Å². The maximum atomic E-state index is 6.00. The van der Waals surface area contributed by atoms with Crippen molar-refractivity contribution in [3.8, 4) is 0 Å². The Bertz CT molecular complexity index is 426. The van der Waals surface area contributed by atoms with Crippen LogP contribution in [0.1, 0.15) is 44.6 Å². The molecule has 1 saturated carbocycles. The molecule has 1 atom stereocenters. The summed E-state index contributed by atoms with van der Waals surface area (Å²) in [6.45, 7) is 6.70. The summed E-state index contributed by atoms with van der Waals surface area (Å²) in [5.74, 6) is 0.926. The zero-order valence-electron chi connectivity index (χ0n) is 12.6. The summed E-state index contributed by atoms with van der Waals surface area (Å²) in [6.07, 6.45) is 3.91. The van der Waals surface area contributed by atoms with Crippen LogP contribution in [0.25, 0.3) is 0 Å². The van der Waals surface area contributed by atoms with Crippen molar-refractivity contribution in [2.75, 3.05) is 13.1 Å². The molecule has 1 aliphatic rings. The van der Waals surface area contributed by atoms with Crippen LogP contribution in [0.5, 0.6) is 0 Å². The van der Waals surface area contributed by atoms with Crippen LogP contribution in [0, 0.1) is 5.92 Å². The van der Waals surface area contributed by atoms with E-state index in [2.05, 4.69) is 43.0 Å². The van der Waals surface area contributed by atoms with Gasteiger partial charge in [-0.25, -0.2) is 0 Å². The van der Waals surface area contributed by atoms with Gasteiger partial charge in [0, 0.05) is 18.5 Å². The number of nitrogens with zero attached hydrogens (tertiary/aromatic N) is 1. The van der Waals surface area contributed by atoms with Gasteiger partial charge in [0.15, 0.2) is 0 Å². The van der Waals surface area contributed by atoms with Crippen molar-refractivity contribution in [3.05, 3.63) is 35.9 Å². The van der Waals surface area contributed by atoms with Gasteiger partial charge in [-0.1, -0.05) is 56.4 Å². The van der Waals surface area contributed by atoms with E-state index in [-0.39, 0.29) is 5.92 Å². The Kier molecular flexibility index (Phi) is 5.55. The Morgan fingerprint density at radius 2 is 1.95 bits per heavy atom. The van der Waals surface area contributed by atoms with E-state index < -0.39 is 0 Å². The molecule has 0 saturated heterocycles. The van der Waals surface area contributed by atoms with Gasteiger partial charge in [-0.3, -0.25) is 4.90 Å². The van der Waals surface area contributed by atoms with Crippen LogP contribution >= 0.6 is 12.2 Å². The predicted octanol–water partition coefficient (Wildman–Crippen LogP) is 3.57. The third-order valence-corrected chi connectivity index (χ3v) is 4.30. The second-order valence-corrected chi connectivity index (χ2v) is 6.75. The lowest BCUT2D eigenvalue weighted by Gasteiger charge is -2.28. The van der Waals surface area contributed by atoms with Gasteiger partial charge in [-0.2, -0.15) is 0 Å². The standard InChI is InChI=1S/C17H26N2S/c1-13(2)10-11-19(15-8-9-15)12-16(17(18)20)14-6-4-3-5-7-14/h3-7,13,15-16H,8-12H2,1-2H3,(H2,18,20).